The van der Waals surface area contributed by atoms with Crippen molar-refractivity contribution in [3.63, 3.8) is 0 Å². The van der Waals surface area contributed by atoms with Crippen molar-refractivity contribution in [1.82, 2.24) is 0 Å². The van der Waals surface area contributed by atoms with E-state index in [0.717, 1.165) is 12.8 Å². The summed E-state index contributed by atoms with van der Waals surface area (Å²) < 4.78 is 48.6. The zero-order chi connectivity index (χ0) is 57.5. The molecule has 8 rings (SSSR count). The number of carbonyl (C=O) groups is 1. The van der Waals surface area contributed by atoms with Gasteiger partial charge in [0.1, 0.15) is 97.7 Å². The summed E-state index contributed by atoms with van der Waals surface area (Å²) in [5, 5.41) is 162. The van der Waals surface area contributed by atoms with Crippen molar-refractivity contribution in [2.75, 3.05) is 26.4 Å². The molecule has 8 aliphatic rings. The molecule has 0 aromatic heterocycles. The zero-order valence-corrected chi connectivity index (χ0v) is 45.8. The molecule has 4 aliphatic heterocycles. The van der Waals surface area contributed by atoms with Gasteiger partial charge in [-0.2, -0.15) is 0 Å². The van der Waals surface area contributed by atoms with E-state index >= 15 is 0 Å². The third-order valence-electron chi connectivity index (χ3n) is 21.0. The average molecular weight is 1120 g/mol. The molecular weight excluding hydrogens is 1030 g/mol. The van der Waals surface area contributed by atoms with E-state index in [1.54, 1.807) is 6.92 Å². The number of allylic oxidation sites excluding steroid dienone is 1. The fraction of sp³-hybridized carbons (Fsp3) is 0.944. The molecule has 15 N–H and O–H groups in total. The molecule has 4 heterocycles. The van der Waals surface area contributed by atoms with Gasteiger partial charge in [-0.3, -0.25) is 4.79 Å². The molecule has 4 saturated heterocycles. The minimum Gasteiger partial charge on any atom is -0.394 e. The number of Topliss-reactive ketones (excluding diaryl/α,β-unsaturated/α-hetero) is 1. The molecule has 24 heteroatoms. The van der Waals surface area contributed by atoms with E-state index < -0.39 is 190 Å². The minimum atomic E-state index is -1.83. The van der Waals surface area contributed by atoms with E-state index in [2.05, 4.69) is 41.2 Å². The fourth-order valence-electron chi connectivity index (χ4n) is 16.2. The molecule has 78 heavy (non-hydrogen) atoms. The van der Waals surface area contributed by atoms with Crippen LogP contribution in [0.4, 0.5) is 0 Å². The van der Waals surface area contributed by atoms with E-state index in [-0.39, 0.29) is 41.3 Å². The Bertz CT molecular complexity index is 2070. The highest BCUT2D eigenvalue weighted by atomic mass is 16.8. The second-order valence-electron chi connectivity index (χ2n) is 25.6. The Morgan fingerprint density at radius 3 is 1.65 bits per heavy atom. The molecule has 0 amide bonds. The van der Waals surface area contributed by atoms with Crippen LogP contribution >= 0.6 is 0 Å². The molecule has 0 unspecified atom stereocenters. The van der Waals surface area contributed by atoms with Gasteiger partial charge in [-0.1, -0.05) is 41.2 Å². The molecule has 0 bridgehead atoms. The summed E-state index contributed by atoms with van der Waals surface area (Å²) in [7, 11) is 0. The first-order valence-electron chi connectivity index (χ1n) is 27.9. The molecule has 450 valence electrons. The SMILES string of the molecule is C=C(C)C(=O)CC[C@](C)(O[C@H]1O[C@H](CO[C@@H]2O[C@@H](CO)[C@H](O)[C@@H](O)[C@H]2O)[C@@H](O)[C@@H](O)[C@H]1O)[C@@H]1CC[C@@]2(C)[C@@H]1[C@H](O)C[C@@H]1[C@]3(C)CC[C@H](O[C@@H]4O[C@@H](CO)[C@@H](O)[C@H](O)[C@H]4O[C@@H]4O[C@@H](CO)[C@@H](O)[C@H](O)[C@H]4O)C(C)(C)[C@@H]3CC[C@]12C. The van der Waals surface area contributed by atoms with E-state index in [4.69, 9.17) is 37.9 Å². The van der Waals surface area contributed by atoms with E-state index in [1.807, 2.05) is 6.92 Å². The van der Waals surface area contributed by atoms with Gasteiger partial charge < -0.3 is 114 Å². The first-order chi connectivity index (χ1) is 36.5. The van der Waals surface area contributed by atoms with Gasteiger partial charge in [0.2, 0.25) is 0 Å². The van der Waals surface area contributed by atoms with Crippen molar-refractivity contribution < 1.29 is 119 Å². The summed E-state index contributed by atoms with van der Waals surface area (Å²) in [4.78, 5) is 13.3. The molecule has 4 aliphatic carbocycles. The lowest BCUT2D eigenvalue weighted by Crippen LogP contribution is -2.68. The van der Waals surface area contributed by atoms with Crippen molar-refractivity contribution in [2.24, 2.45) is 45.3 Å². The number of aliphatic hydroxyl groups is 15. The monoisotopic (exact) mass is 1120 g/mol. The van der Waals surface area contributed by atoms with Gasteiger partial charge >= 0.3 is 0 Å². The topological polar surface area (TPSA) is 394 Å². The van der Waals surface area contributed by atoms with Crippen molar-refractivity contribution >= 4 is 5.78 Å². The first-order valence-corrected chi connectivity index (χ1v) is 27.9. The molecule has 0 radical (unpaired) electrons. The average Bonchev–Trinajstić information content (AvgIpc) is 3.91. The lowest BCUT2D eigenvalue weighted by atomic mass is 9.35. The summed E-state index contributed by atoms with van der Waals surface area (Å²) in [6.45, 7) is 15.6. The number of ketones is 1. The molecule has 0 spiro atoms. The van der Waals surface area contributed by atoms with Gasteiger partial charge in [-0.25, -0.2) is 0 Å². The number of rotatable bonds is 17. The maximum Gasteiger partial charge on any atom is 0.187 e. The Hall–Kier alpha value is -1.51. The van der Waals surface area contributed by atoms with Crippen molar-refractivity contribution in [2.45, 2.75) is 247 Å². The lowest BCUT2D eigenvalue weighted by Gasteiger charge is -2.71. The van der Waals surface area contributed by atoms with E-state index in [0.29, 0.717) is 37.7 Å². The third kappa shape index (κ3) is 10.7. The van der Waals surface area contributed by atoms with Crippen LogP contribution in [0.15, 0.2) is 12.2 Å². The van der Waals surface area contributed by atoms with Crippen LogP contribution in [0.3, 0.4) is 0 Å². The maximum absolute atomic E-state index is 13.3. The second-order valence-corrected chi connectivity index (χ2v) is 25.6. The number of hydrogen-bond acceptors (Lipinski definition) is 24. The largest absolute Gasteiger partial charge is 0.394 e. The summed E-state index contributed by atoms with van der Waals surface area (Å²) in [5.41, 5.74) is -2.85. The maximum atomic E-state index is 13.3. The summed E-state index contributed by atoms with van der Waals surface area (Å²) in [5.74, 6) is -1.09. The second kappa shape index (κ2) is 23.5. The van der Waals surface area contributed by atoms with Crippen LogP contribution in [0.1, 0.15) is 106 Å². The Labute approximate surface area is 454 Å². The summed E-state index contributed by atoms with van der Waals surface area (Å²) in [6.07, 6.45) is -29.6. The third-order valence-corrected chi connectivity index (χ3v) is 21.0. The van der Waals surface area contributed by atoms with Crippen LogP contribution in [0.25, 0.3) is 0 Å². The van der Waals surface area contributed by atoms with E-state index in [1.165, 1.54) is 0 Å². The predicted octanol–water partition coefficient (Wildman–Crippen LogP) is -3.02. The van der Waals surface area contributed by atoms with Crippen molar-refractivity contribution in [3.05, 3.63) is 12.2 Å². The van der Waals surface area contributed by atoms with E-state index in [9.17, 15) is 81.4 Å². The molecule has 24 nitrogen and oxygen atoms in total. The highest BCUT2D eigenvalue weighted by Crippen LogP contribution is 2.76. The van der Waals surface area contributed by atoms with Gasteiger partial charge in [0.15, 0.2) is 30.9 Å². The summed E-state index contributed by atoms with van der Waals surface area (Å²) in [6, 6.07) is 0. The van der Waals surface area contributed by atoms with Crippen molar-refractivity contribution in [3.8, 4) is 0 Å². The van der Waals surface area contributed by atoms with Crippen LogP contribution < -0.4 is 0 Å². The van der Waals surface area contributed by atoms with Gasteiger partial charge in [0.05, 0.1) is 44.2 Å². The highest BCUT2D eigenvalue weighted by Gasteiger charge is 2.72. The first kappa shape index (κ1) is 62.5. The molecule has 30 atom stereocenters. The van der Waals surface area contributed by atoms with Gasteiger partial charge in [-0.15, -0.1) is 0 Å². The number of ether oxygens (including phenoxy) is 8. The zero-order valence-electron chi connectivity index (χ0n) is 45.8. The minimum absolute atomic E-state index is 0.00460. The quantitative estimate of drug-likeness (QED) is 0.0509. The molecule has 0 aromatic carbocycles. The lowest BCUT2D eigenvalue weighted by molar-refractivity contribution is -0.378. The standard InChI is InChI=1S/C54H90O24/c1-22(2)24(58)10-16-54(8,78-48-44(70)40(66)37(63)29(75-48)21-71-46-42(68)38(64)34(60)26(18-55)72-46)23-9-14-53(7)33(23)25(59)17-31-51(5)13-12-32(50(3,4)30(51)11-15-52(31,53)6)76-49-45(41(67)36(62)28(20-57)74-49)77-47-43(69)39(65)35(61)27(19-56)73-47/h23,25-49,55-57,59-70H,1,9-21H2,2-8H3/t23-,25-,26+,27+,28+,29-,30+,31-,32+,33+,34+,35-,36-,37-,38-,39+,40-,41+,42-,43-,44-,45-,46-,47+,48-,49+,51-,52-,53+,54+/m1/s1. The molecule has 4 saturated carbocycles. The van der Waals surface area contributed by atoms with Crippen LogP contribution in [-0.2, 0) is 42.7 Å². The van der Waals surface area contributed by atoms with Crippen LogP contribution in [-0.4, -0.2) is 249 Å². The number of aliphatic hydroxyl groups excluding tert-OH is 15. The predicted molar refractivity (Wildman–Crippen MR) is 267 cm³/mol. The normalized spacial score (nSPS) is 52.1. The van der Waals surface area contributed by atoms with Crippen LogP contribution in [0.5, 0.6) is 0 Å². The Morgan fingerprint density at radius 1 is 0.577 bits per heavy atom. The summed E-state index contributed by atoms with van der Waals surface area (Å²) >= 11 is 0. The Kier molecular flexibility index (Phi) is 18.8. The smallest absolute Gasteiger partial charge is 0.187 e. The molecular formula is C54H90O24. The number of carbonyl (C=O) groups excluding carboxylic acids is 1. The van der Waals surface area contributed by atoms with Gasteiger partial charge in [-0.05, 0) is 116 Å². The van der Waals surface area contributed by atoms with Crippen molar-refractivity contribution in [1.29, 1.82) is 0 Å². The molecule has 0 aromatic rings. The van der Waals surface area contributed by atoms with Gasteiger partial charge in [0, 0.05) is 6.42 Å². The highest BCUT2D eigenvalue weighted by molar-refractivity contribution is 5.94. The van der Waals surface area contributed by atoms with Gasteiger partial charge in [0.25, 0.3) is 0 Å². The van der Waals surface area contributed by atoms with Crippen LogP contribution in [0.2, 0.25) is 0 Å². The Balaban J connectivity index is 1.02. The number of hydrogen-bond donors (Lipinski definition) is 15. The fourth-order valence-corrected chi connectivity index (χ4v) is 16.2. The number of fused-ring (bicyclic) bond motifs is 5. The molecule has 8 fully saturated rings. The Morgan fingerprint density at radius 2 is 1.08 bits per heavy atom. The van der Waals surface area contributed by atoms with Crippen LogP contribution in [0, 0.1) is 45.3 Å².